The number of nitrogens with zero attached hydrogens (tertiary/aromatic N) is 3. The summed E-state index contributed by atoms with van der Waals surface area (Å²) in [5, 5.41) is 3.34. The van der Waals surface area contributed by atoms with E-state index in [-0.39, 0.29) is 0 Å². The standard InChI is InChI=1S/C17H31F3N4/c1-3-21-16(22-9-6-10-23(2)13-17(18,19)20)24-11-14-7-4-5-8-15(14)12-24/h14-15H,3-13H2,1-2H3,(H,21,22). The molecule has 0 aromatic heterocycles. The quantitative estimate of drug-likeness (QED) is 0.455. The predicted octanol–water partition coefficient (Wildman–Crippen LogP) is 2.96. The average molecular weight is 348 g/mol. The maximum absolute atomic E-state index is 12.3. The van der Waals surface area contributed by atoms with Crippen LogP contribution in [0.3, 0.4) is 0 Å². The van der Waals surface area contributed by atoms with E-state index in [1.54, 1.807) is 0 Å². The van der Waals surface area contributed by atoms with Crippen LogP contribution in [-0.4, -0.2) is 68.3 Å². The first-order valence-corrected chi connectivity index (χ1v) is 9.17. The monoisotopic (exact) mass is 348 g/mol. The van der Waals surface area contributed by atoms with Gasteiger partial charge in [0.25, 0.3) is 0 Å². The summed E-state index contributed by atoms with van der Waals surface area (Å²) in [4.78, 5) is 8.31. The van der Waals surface area contributed by atoms with Gasteiger partial charge in [0.15, 0.2) is 5.96 Å². The molecule has 2 fully saturated rings. The summed E-state index contributed by atoms with van der Waals surface area (Å²) in [6.07, 6.45) is 1.84. The fourth-order valence-corrected chi connectivity index (χ4v) is 3.92. The fourth-order valence-electron chi connectivity index (χ4n) is 3.92. The first-order valence-electron chi connectivity index (χ1n) is 9.17. The summed E-state index contributed by atoms with van der Waals surface area (Å²) < 4.78 is 36.9. The van der Waals surface area contributed by atoms with Crippen molar-refractivity contribution in [3.63, 3.8) is 0 Å². The third-order valence-corrected chi connectivity index (χ3v) is 5.02. The summed E-state index contributed by atoms with van der Waals surface area (Å²) in [6, 6.07) is 0. The molecule has 140 valence electrons. The van der Waals surface area contributed by atoms with Crippen molar-refractivity contribution in [3.05, 3.63) is 0 Å². The van der Waals surface area contributed by atoms with Gasteiger partial charge in [0, 0.05) is 26.2 Å². The molecule has 24 heavy (non-hydrogen) atoms. The van der Waals surface area contributed by atoms with Crippen molar-refractivity contribution in [1.82, 2.24) is 15.1 Å². The predicted molar refractivity (Wildman–Crippen MR) is 91.2 cm³/mol. The Morgan fingerprint density at radius 3 is 2.38 bits per heavy atom. The molecule has 2 unspecified atom stereocenters. The molecule has 2 aliphatic rings. The highest BCUT2D eigenvalue weighted by molar-refractivity contribution is 5.80. The Morgan fingerprint density at radius 1 is 1.21 bits per heavy atom. The molecule has 0 spiro atoms. The molecule has 1 saturated heterocycles. The summed E-state index contributed by atoms with van der Waals surface area (Å²) in [7, 11) is 1.51. The van der Waals surface area contributed by atoms with Crippen molar-refractivity contribution in [2.45, 2.75) is 45.2 Å². The number of nitrogens with one attached hydrogen (secondary N) is 1. The summed E-state index contributed by atoms with van der Waals surface area (Å²) in [6.45, 7) is 5.14. The molecule has 1 saturated carbocycles. The van der Waals surface area contributed by atoms with Gasteiger partial charge in [-0.05, 0) is 51.6 Å². The lowest BCUT2D eigenvalue weighted by Crippen LogP contribution is -2.40. The van der Waals surface area contributed by atoms with Gasteiger partial charge in [0.05, 0.1) is 6.54 Å². The van der Waals surface area contributed by atoms with Gasteiger partial charge in [-0.25, -0.2) is 0 Å². The number of halogens is 3. The number of likely N-dealkylation sites (tertiary alicyclic amines) is 1. The zero-order valence-electron chi connectivity index (χ0n) is 14.9. The smallest absolute Gasteiger partial charge is 0.357 e. The first-order chi connectivity index (χ1) is 11.4. The third kappa shape index (κ3) is 6.15. The minimum atomic E-state index is -4.13. The molecule has 0 bridgehead atoms. The zero-order chi connectivity index (χ0) is 17.6. The van der Waals surface area contributed by atoms with Gasteiger partial charge in [-0.1, -0.05) is 12.8 Å². The lowest BCUT2D eigenvalue weighted by Gasteiger charge is -2.22. The molecule has 1 heterocycles. The van der Waals surface area contributed by atoms with Crippen LogP contribution in [0.5, 0.6) is 0 Å². The molecule has 0 amide bonds. The van der Waals surface area contributed by atoms with E-state index in [2.05, 4.69) is 22.1 Å². The first kappa shape index (κ1) is 19.3. The van der Waals surface area contributed by atoms with E-state index in [0.717, 1.165) is 37.4 Å². The molecular formula is C17H31F3N4. The van der Waals surface area contributed by atoms with Gasteiger partial charge in [0.1, 0.15) is 0 Å². The molecule has 1 N–H and O–H groups in total. The lowest BCUT2D eigenvalue weighted by molar-refractivity contribution is -0.143. The van der Waals surface area contributed by atoms with Gasteiger partial charge in [-0.3, -0.25) is 9.89 Å². The number of hydrogen-bond donors (Lipinski definition) is 1. The fraction of sp³-hybridized carbons (Fsp3) is 0.941. The molecule has 2 atom stereocenters. The maximum atomic E-state index is 12.3. The third-order valence-electron chi connectivity index (χ3n) is 5.02. The zero-order valence-corrected chi connectivity index (χ0v) is 14.9. The normalized spacial score (nSPS) is 25.2. The second-order valence-electron chi connectivity index (χ2n) is 7.15. The number of rotatable bonds is 6. The molecule has 1 aliphatic heterocycles. The van der Waals surface area contributed by atoms with Crippen LogP contribution in [0.2, 0.25) is 0 Å². The van der Waals surface area contributed by atoms with Crippen LogP contribution in [0.25, 0.3) is 0 Å². The number of guanidine groups is 1. The molecule has 4 nitrogen and oxygen atoms in total. The Balaban J connectivity index is 1.78. The number of hydrogen-bond acceptors (Lipinski definition) is 2. The molecular weight excluding hydrogens is 317 g/mol. The largest absolute Gasteiger partial charge is 0.401 e. The Morgan fingerprint density at radius 2 is 1.83 bits per heavy atom. The van der Waals surface area contributed by atoms with E-state index < -0.39 is 12.7 Å². The highest BCUT2D eigenvalue weighted by Gasteiger charge is 2.35. The van der Waals surface area contributed by atoms with E-state index in [1.807, 2.05) is 0 Å². The van der Waals surface area contributed by atoms with E-state index in [4.69, 9.17) is 0 Å². The van der Waals surface area contributed by atoms with Crippen LogP contribution in [0.1, 0.15) is 39.0 Å². The van der Waals surface area contributed by atoms with Crippen LogP contribution in [0, 0.1) is 11.8 Å². The van der Waals surface area contributed by atoms with Gasteiger partial charge in [0.2, 0.25) is 0 Å². The SMILES string of the molecule is CCNC(=NCCCN(C)CC(F)(F)F)N1CC2CCCCC2C1. The van der Waals surface area contributed by atoms with Crippen molar-refractivity contribution < 1.29 is 13.2 Å². The van der Waals surface area contributed by atoms with E-state index in [1.165, 1.54) is 37.6 Å². The topological polar surface area (TPSA) is 30.9 Å². The Hall–Kier alpha value is -0.980. The minimum Gasteiger partial charge on any atom is -0.357 e. The summed E-state index contributed by atoms with van der Waals surface area (Å²) in [5.41, 5.74) is 0. The highest BCUT2D eigenvalue weighted by atomic mass is 19.4. The van der Waals surface area contributed by atoms with Gasteiger partial charge < -0.3 is 10.2 Å². The Labute approximate surface area is 143 Å². The molecule has 2 rings (SSSR count). The van der Waals surface area contributed by atoms with Crippen molar-refractivity contribution in [1.29, 1.82) is 0 Å². The van der Waals surface area contributed by atoms with Crippen LogP contribution in [0.4, 0.5) is 13.2 Å². The van der Waals surface area contributed by atoms with Gasteiger partial charge in [-0.15, -0.1) is 0 Å². The Bertz CT molecular complexity index is 397. The van der Waals surface area contributed by atoms with Crippen molar-refractivity contribution in [3.8, 4) is 0 Å². The molecule has 1 aliphatic carbocycles. The number of aliphatic imine (C=N–C) groups is 1. The van der Waals surface area contributed by atoms with Crippen molar-refractivity contribution in [2.24, 2.45) is 16.8 Å². The average Bonchev–Trinajstić information content (AvgIpc) is 2.92. The Kier molecular flexibility index (Phi) is 7.19. The second kappa shape index (κ2) is 8.92. The van der Waals surface area contributed by atoms with Gasteiger partial charge in [-0.2, -0.15) is 13.2 Å². The highest BCUT2D eigenvalue weighted by Crippen LogP contribution is 2.35. The number of alkyl halides is 3. The molecule has 7 heteroatoms. The maximum Gasteiger partial charge on any atom is 0.401 e. The van der Waals surface area contributed by atoms with E-state index in [0.29, 0.717) is 19.5 Å². The van der Waals surface area contributed by atoms with Crippen LogP contribution in [0.15, 0.2) is 4.99 Å². The second-order valence-corrected chi connectivity index (χ2v) is 7.15. The summed E-state index contributed by atoms with van der Waals surface area (Å²) in [5.74, 6) is 2.52. The van der Waals surface area contributed by atoms with Gasteiger partial charge >= 0.3 is 6.18 Å². The van der Waals surface area contributed by atoms with E-state index in [9.17, 15) is 13.2 Å². The lowest BCUT2D eigenvalue weighted by atomic mass is 9.82. The van der Waals surface area contributed by atoms with Crippen LogP contribution >= 0.6 is 0 Å². The van der Waals surface area contributed by atoms with Crippen molar-refractivity contribution in [2.75, 3.05) is 46.3 Å². The molecule has 0 radical (unpaired) electrons. The molecule has 0 aromatic rings. The van der Waals surface area contributed by atoms with Crippen LogP contribution < -0.4 is 5.32 Å². The minimum absolute atomic E-state index is 0.410. The van der Waals surface area contributed by atoms with Crippen LogP contribution in [-0.2, 0) is 0 Å². The van der Waals surface area contributed by atoms with E-state index >= 15 is 0 Å². The molecule has 0 aromatic carbocycles. The summed E-state index contributed by atoms with van der Waals surface area (Å²) >= 11 is 0. The number of fused-ring (bicyclic) bond motifs is 1. The van der Waals surface area contributed by atoms with Crippen molar-refractivity contribution >= 4 is 5.96 Å².